The van der Waals surface area contributed by atoms with Crippen LogP contribution in [-0.4, -0.2) is 19.0 Å². The molecule has 1 amide bonds. The van der Waals surface area contributed by atoms with E-state index >= 15 is 0 Å². The number of benzene rings is 1. The van der Waals surface area contributed by atoms with Crippen molar-refractivity contribution in [2.75, 3.05) is 13.1 Å². The minimum absolute atomic E-state index is 0.0926. The Kier molecular flexibility index (Phi) is 7.42. The quantitative estimate of drug-likeness (QED) is 0.743. The summed E-state index contributed by atoms with van der Waals surface area (Å²) < 4.78 is 0.894. The van der Waals surface area contributed by atoms with E-state index in [4.69, 9.17) is 11.6 Å². The van der Waals surface area contributed by atoms with Gasteiger partial charge in [-0.15, -0.1) is 0 Å². The Morgan fingerprint density at radius 1 is 1.42 bits per heavy atom. The number of hydrogen-bond acceptors (Lipinski definition) is 2. The van der Waals surface area contributed by atoms with Gasteiger partial charge >= 0.3 is 0 Å². The van der Waals surface area contributed by atoms with Crippen molar-refractivity contribution in [3.05, 3.63) is 33.3 Å². The van der Waals surface area contributed by atoms with Crippen molar-refractivity contribution >= 4 is 33.4 Å². The van der Waals surface area contributed by atoms with E-state index in [1.165, 1.54) is 0 Å². The van der Waals surface area contributed by atoms with E-state index in [1.54, 1.807) is 0 Å². The SMILES string of the molecule is CC(C)CNC(=O)CCNCc1ccc(Br)c(Cl)c1. The topological polar surface area (TPSA) is 41.1 Å². The van der Waals surface area contributed by atoms with Crippen LogP contribution in [0.4, 0.5) is 0 Å². The third-order valence-corrected chi connectivity index (χ3v) is 3.78. The third kappa shape index (κ3) is 6.95. The molecule has 0 saturated heterocycles. The monoisotopic (exact) mass is 346 g/mol. The Labute approximate surface area is 128 Å². The molecular formula is C14H20BrClN2O. The highest BCUT2D eigenvalue weighted by Crippen LogP contribution is 2.22. The third-order valence-electron chi connectivity index (χ3n) is 2.55. The maximum Gasteiger partial charge on any atom is 0.221 e. The first kappa shape index (κ1) is 16.5. The molecule has 0 bridgehead atoms. The molecule has 0 heterocycles. The smallest absolute Gasteiger partial charge is 0.221 e. The highest BCUT2D eigenvalue weighted by molar-refractivity contribution is 9.10. The van der Waals surface area contributed by atoms with Gasteiger partial charge in [0.25, 0.3) is 0 Å². The second-order valence-electron chi connectivity index (χ2n) is 4.87. The van der Waals surface area contributed by atoms with Crippen LogP contribution in [-0.2, 0) is 11.3 Å². The van der Waals surface area contributed by atoms with Gasteiger partial charge < -0.3 is 10.6 Å². The largest absolute Gasteiger partial charge is 0.356 e. The van der Waals surface area contributed by atoms with Crippen LogP contribution in [0.5, 0.6) is 0 Å². The molecular weight excluding hydrogens is 328 g/mol. The van der Waals surface area contributed by atoms with Crippen LogP contribution in [0.15, 0.2) is 22.7 Å². The van der Waals surface area contributed by atoms with Crippen molar-refractivity contribution in [1.29, 1.82) is 0 Å². The van der Waals surface area contributed by atoms with E-state index in [-0.39, 0.29) is 5.91 Å². The minimum Gasteiger partial charge on any atom is -0.356 e. The summed E-state index contributed by atoms with van der Waals surface area (Å²) in [4.78, 5) is 11.5. The number of carbonyl (C=O) groups excluding carboxylic acids is 1. The minimum atomic E-state index is 0.0926. The number of nitrogens with one attached hydrogen (secondary N) is 2. The molecule has 0 fully saturated rings. The summed E-state index contributed by atoms with van der Waals surface area (Å²) >= 11 is 9.36. The Bertz CT molecular complexity index is 424. The highest BCUT2D eigenvalue weighted by atomic mass is 79.9. The summed E-state index contributed by atoms with van der Waals surface area (Å²) in [6, 6.07) is 5.84. The zero-order valence-corrected chi connectivity index (χ0v) is 13.6. The number of rotatable bonds is 7. The molecule has 0 radical (unpaired) electrons. The van der Waals surface area contributed by atoms with E-state index in [0.717, 1.165) is 16.6 Å². The van der Waals surface area contributed by atoms with E-state index in [9.17, 15) is 4.79 Å². The van der Waals surface area contributed by atoms with Crippen molar-refractivity contribution < 1.29 is 4.79 Å². The van der Waals surface area contributed by atoms with Crippen molar-refractivity contribution in [3.8, 4) is 0 Å². The van der Waals surface area contributed by atoms with Gasteiger partial charge in [-0.05, 0) is 39.5 Å². The van der Waals surface area contributed by atoms with Gasteiger partial charge in [0.1, 0.15) is 0 Å². The molecule has 0 spiro atoms. The molecule has 3 nitrogen and oxygen atoms in total. The lowest BCUT2D eigenvalue weighted by Crippen LogP contribution is -2.30. The Hall–Kier alpha value is -0.580. The van der Waals surface area contributed by atoms with Crippen molar-refractivity contribution in [2.24, 2.45) is 5.92 Å². The zero-order valence-electron chi connectivity index (χ0n) is 11.3. The van der Waals surface area contributed by atoms with E-state index in [1.807, 2.05) is 18.2 Å². The first-order chi connectivity index (χ1) is 8.99. The van der Waals surface area contributed by atoms with Gasteiger partial charge in [0, 0.05) is 30.5 Å². The first-order valence-corrected chi connectivity index (χ1v) is 7.57. The van der Waals surface area contributed by atoms with Crippen LogP contribution in [0.2, 0.25) is 5.02 Å². The molecule has 106 valence electrons. The number of carbonyl (C=O) groups is 1. The Morgan fingerprint density at radius 3 is 2.79 bits per heavy atom. The van der Waals surface area contributed by atoms with Crippen LogP contribution in [0, 0.1) is 5.92 Å². The number of amides is 1. The van der Waals surface area contributed by atoms with Gasteiger partial charge in [-0.25, -0.2) is 0 Å². The lowest BCUT2D eigenvalue weighted by atomic mass is 10.2. The highest BCUT2D eigenvalue weighted by Gasteiger charge is 2.02. The predicted octanol–water partition coefficient (Wildman–Crippen LogP) is 3.35. The standard InChI is InChI=1S/C14H20BrClN2O/c1-10(2)8-18-14(19)5-6-17-9-11-3-4-12(15)13(16)7-11/h3-4,7,10,17H,5-6,8-9H2,1-2H3,(H,18,19). The molecule has 1 aromatic rings. The molecule has 2 N–H and O–H groups in total. The fourth-order valence-electron chi connectivity index (χ4n) is 1.49. The summed E-state index contributed by atoms with van der Waals surface area (Å²) in [5.41, 5.74) is 1.11. The summed E-state index contributed by atoms with van der Waals surface area (Å²) in [6.45, 7) is 6.27. The van der Waals surface area contributed by atoms with E-state index in [0.29, 0.717) is 30.5 Å². The first-order valence-electron chi connectivity index (χ1n) is 6.40. The van der Waals surface area contributed by atoms with Gasteiger partial charge in [0.2, 0.25) is 5.91 Å². The second kappa shape index (κ2) is 8.56. The fourth-order valence-corrected chi connectivity index (χ4v) is 1.94. The molecule has 19 heavy (non-hydrogen) atoms. The second-order valence-corrected chi connectivity index (χ2v) is 6.13. The van der Waals surface area contributed by atoms with Crippen LogP contribution < -0.4 is 10.6 Å². The summed E-state index contributed by atoms with van der Waals surface area (Å²) in [6.07, 6.45) is 0.497. The summed E-state index contributed by atoms with van der Waals surface area (Å²) in [7, 11) is 0. The Morgan fingerprint density at radius 2 is 2.16 bits per heavy atom. The maximum absolute atomic E-state index is 11.5. The van der Waals surface area contributed by atoms with E-state index in [2.05, 4.69) is 40.4 Å². The van der Waals surface area contributed by atoms with Crippen molar-refractivity contribution in [3.63, 3.8) is 0 Å². The normalized spacial score (nSPS) is 10.8. The molecule has 0 atom stereocenters. The Balaban J connectivity index is 2.20. The van der Waals surface area contributed by atoms with Crippen LogP contribution in [0.25, 0.3) is 0 Å². The summed E-state index contributed by atoms with van der Waals surface area (Å²) in [5, 5.41) is 6.83. The lowest BCUT2D eigenvalue weighted by molar-refractivity contribution is -0.121. The van der Waals surface area contributed by atoms with Crippen LogP contribution in [0.3, 0.4) is 0 Å². The van der Waals surface area contributed by atoms with Gasteiger partial charge in [-0.1, -0.05) is 31.5 Å². The molecule has 0 unspecified atom stereocenters. The molecule has 0 saturated carbocycles. The summed E-state index contributed by atoms with van der Waals surface area (Å²) in [5.74, 6) is 0.580. The molecule has 1 rings (SSSR count). The maximum atomic E-state index is 11.5. The molecule has 0 aliphatic carbocycles. The van der Waals surface area contributed by atoms with Crippen LogP contribution >= 0.6 is 27.5 Å². The van der Waals surface area contributed by atoms with Gasteiger partial charge in [-0.3, -0.25) is 4.79 Å². The molecule has 1 aromatic carbocycles. The number of halogens is 2. The molecule has 0 aromatic heterocycles. The predicted molar refractivity (Wildman–Crippen MR) is 83.3 cm³/mol. The average Bonchev–Trinajstić information content (AvgIpc) is 2.36. The van der Waals surface area contributed by atoms with Crippen molar-refractivity contribution in [1.82, 2.24) is 10.6 Å². The van der Waals surface area contributed by atoms with E-state index < -0.39 is 0 Å². The molecule has 5 heteroatoms. The lowest BCUT2D eigenvalue weighted by Gasteiger charge is -2.08. The molecule has 0 aliphatic rings. The van der Waals surface area contributed by atoms with Crippen molar-refractivity contribution in [2.45, 2.75) is 26.8 Å². The van der Waals surface area contributed by atoms with Crippen LogP contribution in [0.1, 0.15) is 25.8 Å². The molecule has 0 aliphatic heterocycles. The average molecular weight is 348 g/mol. The zero-order chi connectivity index (χ0) is 14.3. The number of hydrogen-bond donors (Lipinski definition) is 2. The van der Waals surface area contributed by atoms with Gasteiger partial charge in [-0.2, -0.15) is 0 Å². The van der Waals surface area contributed by atoms with Gasteiger partial charge in [0.15, 0.2) is 0 Å². The fraction of sp³-hybridized carbons (Fsp3) is 0.500. The van der Waals surface area contributed by atoms with Gasteiger partial charge in [0.05, 0.1) is 5.02 Å².